The molecule has 0 radical (unpaired) electrons. The van der Waals surface area contributed by atoms with Crippen LogP contribution in [-0.2, 0) is 16.2 Å². The van der Waals surface area contributed by atoms with Gasteiger partial charge >= 0.3 is 0 Å². The van der Waals surface area contributed by atoms with Crippen LogP contribution in [0.2, 0.25) is 0 Å². The number of allylic oxidation sites excluding steroid dienone is 2. The number of amides is 2. The lowest BCUT2D eigenvalue weighted by Gasteiger charge is -2.13. The number of benzene rings is 3. The number of rotatable bonds is 6. The second-order valence-corrected chi connectivity index (χ2v) is 9.07. The summed E-state index contributed by atoms with van der Waals surface area (Å²) in [4.78, 5) is 25.6. The van der Waals surface area contributed by atoms with Gasteiger partial charge in [-0.05, 0) is 58.4 Å². The van der Waals surface area contributed by atoms with Crippen molar-refractivity contribution < 1.29 is 19.1 Å². The molecule has 3 aliphatic rings. The Kier molecular flexibility index (Phi) is 4.94. The van der Waals surface area contributed by atoms with E-state index >= 15 is 0 Å². The zero-order valence-electron chi connectivity index (χ0n) is 18.8. The summed E-state index contributed by atoms with van der Waals surface area (Å²) in [6.45, 7) is 0.404. The molecule has 4 atom stereocenters. The normalized spacial score (nSPS) is 25.0. The minimum Gasteiger partial charge on any atom is -0.493 e. The Balaban J connectivity index is 1.18. The van der Waals surface area contributed by atoms with E-state index < -0.39 is 0 Å². The first kappa shape index (κ1) is 20.7. The van der Waals surface area contributed by atoms with Crippen LogP contribution in [0.3, 0.4) is 0 Å². The first-order valence-electron chi connectivity index (χ1n) is 11.5. The third kappa shape index (κ3) is 3.29. The number of nitrogens with zero attached hydrogens (tertiary/aromatic N) is 2. The van der Waals surface area contributed by atoms with Crippen LogP contribution < -0.4 is 9.47 Å². The molecule has 1 heterocycles. The standard InChI is InChI=1S/C28H24N2O4/c1-33-24-13-17(15-29-30-27(31)25-19-10-11-20(14-19)26(25)28(30)32)9-12-23(24)34-16-21-7-4-6-18-5-2-3-8-22(18)21/h2-13,15,19-20,25-26H,14,16H2,1H3/b29-15-/t19-,20-,25+,26+/m0/s1. The average molecular weight is 453 g/mol. The molecule has 34 heavy (non-hydrogen) atoms. The van der Waals surface area contributed by atoms with E-state index in [2.05, 4.69) is 41.5 Å². The van der Waals surface area contributed by atoms with Crippen LogP contribution in [0, 0.1) is 23.7 Å². The predicted octanol–water partition coefficient (Wildman–Crippen LogP) is 4.57. The number of ether oxygens (including phenoxy) is 2. The Bertz CT molecular complexity index is 1330. The zero-order valence-corrected chi connectivity index (χ0v) is 18.8. The largest absolute Gasteiger partial charge is 0.493 e. The molecule has 6 rings (SSSR count). The summed E-state index contributed by atoms with van der Waals surface area (Å²) >= 11 is 0. The van der Waals surface area contributed by atoms with E-state index in [1.54, 1.807) is 13.2 Å². The molecule has 0 aromatic heterocycles. The minimum atomic E-state index is -0.251. The van der Waals surface area contributed by atoms with Gasteiger partial charge in [0.1, 0.15) is 6.61 Å². The monoisotopic (exact) mass is 452 g/mol. The van der Waals surface area contributed by atoms with Crippen molar-refractivity contribution in [3.8, 4) is 11.5 Å². The van der Waals surface area contributed by atoms with E-state index in [4.69, 9.17) is 9.47 Å². The summed E-state index contributed by atoms with van der Waals surface area (Å²) in [5.41, 5.74) is 1.80. The molecule has 0 unspecified atom stereocenters. The summed E-state index contributed by atoms with van der Waals surface area (Å²) < 4.78 is 11.6. The molecular formula is C28H24N2O4. The van der Waals surface area contributed by atoms with Crippen LogP contribution in [-0.4, -0.2) is 30.1 Å². The van der Waals surface area contributed by atoms with Crippen molar-refractivity contribution in [1.82, 2.24) is 5.01 Å². The molecule has 1 saturated carbocycles. The number of hydrogen-bond donors (Lipinski definition) is 0. The molecule has 2 bridgehead atoms. The van der Waals surface area contributed by atoms with Gasteiger partial charge in [0.25, 0.3) is 11.8 Å². The lowest BCUT2D eigenvalue weighted by Crippen LogP contribution is -2.28. The fraction of sp³-hybridized carbons (Fsp3) is 0.250. The Morgan fingerprint density at radius 3 is 2.44 bits per heavy atom. The third-order valence-corrected chi connectivity index (χ3v) is 7.22. The van der Waals surface area contributed by atoms with Crippen LogP contribution in [0.25, 0.3) is 10.8 Å². The number of methoxy groups -OCH3 is 1. The Morgan fingerprint density at radius 1 is 0.941 bits per heavy atom. The van der Waals surface area contributed by atoms with E-state index in [0.29, 0.717) is 23.7 Å². The van der Waals surface area contributed by atoms with Crippen molar-refractivity contribution in [3.05, 3.63) is 83.9 Å². The molecular weight excluding hydrogens is 428 g/mol. The molecule has 1 aliphatic heterocycles. The molecule has 3 aromatic carbocycles. The smallest absolute Gasteiger partial charge is 0.254 e. The summed E-state index contributed by atoms with van der Waals surface area (Å²) in [5.74, 6) is 0.628. The van der Waals surface area contributed by atoms with E-state index in [9.17, 15) is 9.59 Å². The van der Waals surface area contributed by atoms with Crippen LogP contribution >= 0.6 is 0 Å². The number of carbonyl (C=O) groups is 2. The first-order valence-corrected chi connectivity index (χ1v) is 11.5. The number of carbonyl (C=O) groups excluding carboxylic acids is 2. The quantitative estimate of drug-likeness (QED) is 0.312. The highest BCUT2D eigenvalue weighted by molar-refractivity contribution is 6.06. The highest BCUT2D eigenvalue weighted by Crippen LogP contribution is 2.52. The van der Waals surface area contributed by atoms with Crippen molar-refractivity contribution in [3.63, 3.8) is 0 Å². The lowest BCUT2D eigenvalue weighted by molar-refractivity contribution is -0.140. The van der Waals surface area contributed by atoms with Gasteiger partial charge in [0, 0.05) is 0 Å². The summed E-state index contributed by atoms with van der Waals surface area (Å²) in [6, 6.07) is 19.8. The molecule has 3 aromatic rings. The first-order chi connectivity index (χ1) is 16.6. The average Bonchev–Trinajstić information content (AvgIpc) is 3.55. The Morgan fingerprint density at radius 2 is 1.68 bits per heavy atom. The summed E-state index contributed by atoms with van der Waals surface area (Å²) in [7, 11) is 1.58. The van der Waals surface area contributed by atoms with Gasteiger partial charge in [-0.2, -0.15) is 10.1 Å². The van der Waals surface area contributed by atoms with Crippen molar-refractivity contribution in [2.75, 3.05) is 7.11 Å². The zero-order chi connectivity index (χ0) is 23.2. The number of imide groups is 1. The number of hydrazone groups is 1. The van der Waals surface area contributed by atoms with Crippen LogP contribution in [0.1, 0.15) is 17.5 Å². The van der Waals surface area contributed by atoms with Crippen molar-refractivity contribution in [1.29, 1.82) is 0 Å². The van der Waals surface area contributed by atoms with Gasteiger partial charge in [-0.25, -0.2) is 0 Å². The maximum atomic E-state index is 12.8. The van der Waals surface area contributed by atoms with E-state index in [0.717, 1.165) is 22.4 Å². The molecule has 0 spiro atoms. The van der Waals surface area contributed by atoms with Gasteiger partial charge in [-0.1, -0.05) is 54.6 Å². The fourth-order valence-corrected chi connectivity index (χ4v) is 5.58. The topological polar surface area (TPSA) is 68.2 Å². The van der Waals surface area contributed by atoms with Gasteiger partial charge in [0.15, 0.2) is 11.5 Å². The maximum absolute atomic E-state index is 12.8. The van der Waals surface area contributed by atoms with Gasteiger partial charge in [0.05, 0.1) is 25.2 Å². The SMILES string of the molecule is COc1cc(/C=N\N2C(=O)[C@H]3[C@H](C2=O)[C@H]2C=C[C@H]3C2)ccc1OCc1cccc2ccccc12. The summed E-state index contributed by atoms with van der Waals surface area (Å²) in [6.07, 6.45) is 6.59. The molecule has 1 saturated heterocycles. The second kappa shape index (κ2) is 8.13. The molecule has 2 fully saturated rings. The maximum Gasteiger partial charge on any atom is 0.254 e. The van der Waals surface area contributed by atoms with Crippen molar-refractivity contribution >= 4 is 28.8 Å². The van der Waals surface area contributed by atoms with Crippen LogP contribution in [0.15, 0.2) is 77.9 Å². The van der Waals surface area contributed by atoms with Gasteiger partial charge in [-0.15, -0.1) is 0 Å². The highest BCUT2D eigenvalue weighted by Gasteiger charge is 2.59. The number of fused-ring (bicyclic) bond motifs is 6. The molecule has 2 aliphatic carbocycles. The van der Waals surface area contributed by atoms with E-state index in [-0.39, 0.29) is 35.5 Å². The summed E-state index contributed by atoms with van der Waals surface area (Å²) in [5, 5.41) is 7.63. The van der Waals surface area contributed by atoms with Gasteiger partial charge < -0.3 is 9.47 Å². The molecule has 170 valence electrons. The number of hydrogen-bond acceptors (Lipinski definition) is 5. The van der Waals surface area contributed by atoms with Crippen molar-refractivity contribution in [2.45, 2.75) is 13.0 Å². The Labute approximate surface area is 197 Å². The second-order valence-electron chi connectivity index (χ2n) is 9.07. The fourth-order valence-electron chi connectivity index (χ4n) is 5.58. The van der Waals surface area contributed by atoms with E-state index in [1.807, 2.05) is 30.3 Å². The van der Waals surface area contributed by atoms with Crippen molar-refractivity contribution in [2.24, 2.45) is 28.8 Å². The molecule has 2 amide bonds. The predicted molar refractivity (Wildman–Crippen MR) is 128 cm³/mol. The van der Waals surface area contributed by atoms with Crippen LogP contribution in [0.4, 0.5) is 0 Å². The molecule has 0 N–H and O–H groups in total. The molecule has 6 heteroatoms. The molecule has 6 nitrogen and oxygen atoms in total. The highest BCUT2D eigenvalue weighted by atomic mass is 16.5. The third-order valence-electron chi connectivity index (χ3n) is 7.22. The van der Waals surface area contributed by atoms with Gasteiger partial charge in [-0.3, -0.25) is 9.59 Å². The van der Waals surface area contributed by atoms with Crippen LogP contribution in [0.5, 0.6) is 11.5 Å². The lowest BCUT2D eigenvalue weighted by atomic mass is 9.85. The Hall–Kier alpha value is -3.93. The van der Waals surface area contributed by atoms with Gasteiger partial charge in [0.2, 0.25) is 0 Å². The van der Waals surface area contributed by atoms with E-state index in [1.165, 1.54) is 11.6 Å². The minimum absolute atomic E-state index is 0.171.